The number of nitrogens with zero attached hydrogens (tertiary/aromatic N) is 1. The van der Waals surface area contributed by atoms with Crippen molar-refractivity contribution in [2.45, 2.75) is 19.4 Å². The quantitative estimate of drug-likeness (QED) is 0.671. The zero-order chi connectivity index (χ0) is 13.1. The van der Waals surface area contributed by atoms with Gasteiger partial charge in [-0.2, -0.15) is 0 Å². The number of thiazole rings is 1. The maximum absolute atomic E-state index is 13.7. The van der Waals surface area contributed by atoms with Crippen LogP contribution in [0.1, 0.15) is 22.2 Å². The van der Waals surface area contributed by atoms with E-state index in [2.05, 4.69) is 10.4 Å². The van der Waals surface area contributed by atoms with E-state index in [1.807, 2.05) is 6.92 Å². The van der Waals surface area contributed by atoms with Gasteiger partial charge in [0.2, 0.25) is 0 Å². The second-order valence-electron chi connectivity index (χ2n) is 3.93. The highest BCUT2D eigenvalue weighted by Crippen LogP contribution is 2.28. The topological polar surface area (TPSA) is 50.9 Å². The van der Waals surface area contributed by atoms with Gasteiger partial charge in [-0.1, -0.05) is 17.7 Å². The molecule has 0 bridgehead atoms. The van der Waals surface area contributed by atoms with Gasteiger partial charge in [-0.25, -0.2) is 9.37 Å². The maximum atomic E-state index is 13.7. The van der Waals surface area contributed by atoms with Gasteiger partial charge >= 0.3 is 0 Å². The molecule has 0 aliphatic heterocycles. The molecule has 3 nitrogen and oxygen atoms in total. The smallest absolute Gasteiger partial charge is 0.127 e. The van der Waals surface area contributed by atoms with Gasteiger partial charge in [-0.3, -0.25) is 11.3 Å². The van der Waals surface area contributed by atoms with E-state index in [1.165, 1.54) is 17.4 Å². The molecule has 0 spiro atoms. The van der Waals surface area contributed by atoms with Crippen molar-refractivity contribution in [3.8, 4) is 0 Å². The van der Waals surface area contributed by atoms with Crippen molar-refractivity contribution < 1.29 is 4.39 Å². The molecule has 6 heteroatoms. The third kappa shape index (κ3) is 2.70. The molecule has 0 saturated heterocycles. The number of hydrazine groups is 1. The Morgan fingerprint density at radius 2 is 2.33 bits per heavy atom. The van der Waals surface area contributed by atoms with Gasteiger partial charge in [0.05, 0.1) is 17.2 Å². The van der Waals surface area contributed by atoms with Crippen LogP contribution in [0.15, 0.2) is 23.7 Å². The first kappa shape index (κ1) is 13.4. The molecule has 96 valence electrons. The number of rotatable bonds is 4. The first-order valence-electron chi connectivity index (χ1n) is 5.42. The highest BCUT2D eigenvalue weighted by Gasteiger charge is 2.18. The van der Waals surface area contributed by atoms with Gasteiger partial charge < -0.3 is 0 Å². The van der Waals surface area contributed by atoms with Crippen LogP contribution in [0.25, 0.3) is 0 Å². The lowest BCUT2D eigenvalue weighted by atomic mass is 10.0. The van der Waals surface area contributed by atoms with Crippen molar-refractivity contribution in [1.29, 1.82) is 0 Å². The molecule has 1 unspecified atom stereocenters. The summed E-state index contributed by atoms with van der Waals surface area (Å²) in [6.45, 7) is 1.90. The van der Waals surface area contributed by atoms with Crippen molar-refractivity contribution in [3.05, 3.63) is 50.7 Å². The van der Waals surface area contributed by atoms with Crippen LogP contribution < -0.4 is 11.3 Å². The predicted octanol–water partition coefficient (Wildman–Crippen LogP) is 2.99. The largest absolute Gasteiger partial charge is 0.271 e. The number of hydrogen-bond donors (Lipinski definition) is 2. The molecule has 3 N–H and O–H groups in total. The highest BCUT2D eigenvalue weighted by molar-refractivity contribution is 7.09. The minimum Gasteiger partial charge on any atom is -0.271 e. The zero-order valence-electron chi connectivity index (χ0n) is 9.78. The molecular formula is C12H13ClFN3S. The summed E-state index contributed by atoms with van der Waals surface area (Å²) in [5.41, 5.74) is 5.81. The Hall–Kier alpha value is -1.01. The van der Waals surface area contributed by atoms with Crippen LogP contribution >= 0.6 is 22.9 Å². The molecule has 1 heterocycles. The van der Waals surface area contributed by atoms with E-state index in [9.17, 15) is 4.39 Å². The van der Waals surface area contributed by atoms with Crippen molar-refractivity contribution in [2.24, 2.45) is 5.84 Å². The lowest BCUT2D eigenvalue weighted by Crippen LogP contribution is -2.29. The normalized spacial score (nSPS) is 12.7. The third-order valence-corrected chi connectivity index (χ3v) is 4.17. The average Bonchev–Trinajstić information content (AvgIpc) is 2.76. The second-order valence-corrected chi connectivity index (χ2v) is 5.22. The van der Waals surface area contributed by atoms with Crippen LogP contribution in [-0.4, -0.2) is 4.98 Å². The van der Waals surface area contributed by atoms with Crippen molar-refractivity contribution in [2.75, 3.05) is 0 Å². The Labute approximate surface area is 114 Å². The van der Waals surface area contributed by atoms with E-state index in [0.29, 0.717) is 17.0 Å². The van der Waals surface area contributed by atoms with Crippen molar-refractivity contribution in [3.63, 3.8) is 0 Å². The van der Waals surface area contributed by atoms with Crippen molar-refractivity contribution >= 4 is 22.9 Å². The van der Waals surface area contributed by atoms with Gasteiger partial charge in [0.15, 0.2) is 0 Å². The van der Waals surface area contributed by atoms with Gasteiger partial charge in [-0.15, -0.1) is 11.3 Å². The standard InChI is InChI=1S/C12H13ClFN3S/c1-7-12(18-6-16-7)11(17-15)5-8-9(13)3-2-4-10(8)14/h2-4,6,11,17H,5,15H2,1H3. The summed E-state index contributed by atoms with van der Waals surface area (Å²) in [7, 11) is 0. The second kappa shape index (κ2) is 5.75. The average molecular weight is 286 g/mol. The number of halogens is 2. The minimum absolute atomic E-state index is 0.188. The molecular weight excluding hydrogens is 273 g/mol. The molecule has 0 aliphatic rings. The molecule has 1 aromatic heterocycles. The fourth-order valence-corrected chi connectivity index (χ4v) is 2.91. The van der Waals surface area contributed by atoms with Gasteiger partial charge in [0.25, 0.3) is 0 Å². The molecule has 1 atom stereocenters. The van der Waals surface area contributed by atoms with E-state index >= 15 is 0 Å². The summed E-state index contributed by atoms with van der Waals surface area (Å²) in [5.74, 6) is 5.23. The Morgan fingerprint density at radius 3 is 2.89 bits per heavy atom. The SMILES string of the molecule is Cc1ncsc1C(Cc1c(F)cccc1Cl)NN. The number of nitrogens with two attached hydrogens (primary N) is 1. The Kier molecular flexibility index (Phi) is 4.29. The number of nitrogens with one attached hydrogen (secondary N) is 1. The van der Waals surface area contributed by atoms with Crippen molar-refractivity contribution in [1.82, 2.24) is 10.4 Å². The molecule has 1 aromatic carbocycles. The van der Waals surface area contributed by atoms with Gasteiger partial charge in [-0.05, 0) is 25.5 Å². The maximum Gasteiger partial charge on any atom is 0.127 e. The van der Waals surface area contributed by atoms with E-state index in [-0.39, 0.29) is 11.9 Å². The van der Waals surface area contributed by atoms with Crippen LogP contribution in [0, 0.1) is 12.7 Å². The molecule has 18 heavy (non-hydrogen) atoms. The van der Waals surface area contributed by atoms with E-state index in [4.69, 9.17) is 17.4 Å². The molecule has 0 aliphatic carbocycles. The lowest BCUT2D eigenvalue weighted by molar-refractivity contribution is 0.533. The lowest BCUT2D eigenvalue weighted by Gasteiger charge is -2.16. The molecule has 2 rings (SSSR count). The van der Waals surface area contributed by atoms with Crippen LogP contribution in [0.2, 0.25) is 5.02 Å². The highest BCUT2D eigenvalue weighted by atomic mass is 35.5. The minimum atomic E-state index is -0.315. The predicted molar refractivity (Wildman–Crippen MR) is 72.0 cm³/mol. The summed E-state index contributed by atoms with van der Waals surface area (Å²) in [6.07, 6.45) is 0.394. The molecule has 0 radical (unpaired) electrons. The Balaban J connectivity index is 2.29. The first-order chi connectivity index (χ1) is 8.63. The van der Waals surface area contributed by atoms with Crippen LogP contribution in [0.4, 0.5) is 4.39 Å². The summed E-state index contributed by atoms with van der Waals surface area (Å²) in [6, 6.07) is 4.47. The molecule has 2 aromatic rings. The Bertz CT molecular complexity index is 524. The summed E-state index contributed by atoms with van der Waals surface area (Å²) in [4.78, 5) is 5.17. The molecule has 0 saturated carbocycles. The zero-order valence-corrected chi connectivity index (χ0v) is 11.4. The number of aromatic nitrogens is 1. The summed E-state index contributed by atoms with van der Waals surface area (Å²) in [5, 5.41) is 0.414. The first-order valence-corrected chi connectivity index (χ1v) is 6.68. The fourth-order valence-electron chi connectivity index (χ4n) is 1.80. The molecule has 0 amide bonds. The monoisotopic (exact) mass is 285 g/mol. The van der Waals surface area contributed by atoms with Crippen LogP contribution in [0.5, 0.6) is 0 Å². The third-order valence-electron chi connectivity index (χ3n) is 2.77. The fraction of sp³-hybridized carbons (Fsp3) is 0.250. The number of hydrogen-bond acceptors (Lipinski definition) is 4. The molecule has 0 fully saturated rings. The van der Waals surface area contributed by atoms with Gasteiger partial charge in [0.1, 0.15) is 5.82 Å². The number of aryl methyl sites for hydroxylation is 1. The van der Waals surface area contributed by atoms with Crippen LogP contribution in [0.3, 0.4) is 0 Å². The van der Waals surface area contributed by atoms with Gasteiger partial charge in [0, 0.05) is 15.5 Å². The number of benzene rings is 1. The summed E-state index contributed by atoms with van der Waals surface area (Å²) < 4.78 is 13.7. The summed E-state index contributed by atoms with van der Waals surface area (Å²) >= 11 is 7.50. The van der Waals surface area contributed by atoms with E-state index < -0.39 is 0 Å². The Morgan fingerprint density at radius 1 is 1.56 bits per heavy atom. The van der Waals surface area contributed by atoms with E-state index in [1.54, 1.807) is 17.6 Å². The van der Waals surface area contributed by atoms with E-state index in [0.717, 1.165) is 10.6 Å². The van der Waals surface area contributed by atoms with Crippen LogP contribution in [-0.2, 0) is 6.42 Å².